The Kier molecular flexibility index (Phi) is 6.73. The largest absolute Gasteiger partial charge is 0.495 e. The van der Waals surface area contributed by atoms with Crippen molar-refractivity contribution in [3.63, 3.8) is 0 Å². The maximum atomic E-state index is 12.3. The van der Waals surface area contributed by atoms with Gasteiger partial charge in [-0.05, 0) is 25.1 Å². The molecule has 1 amide bonds. The SMILES string of the molecule is COc1ccc(Cl)cc1NC(=O)[C@H](C)OC(=O)Cc1ccccc1[N+](=O)[O-]. The number of nitro benzene ring substituents is 1. The number of nitrogens with one attached hydrogen (secondary N) is 1. The Balaban J connectivity index is 2.01. The van der Waals surface area contributed by atoms with E-state index in [0.29, 0.717) is 16.5 Å². The van der Waals surface area contributed by atoms with Gasteiger partial charge in [-0.1, -0.05) is 29.8 Å². The Labute approximate surface area is 160 Å². The summed E-state index contributed by atoms with van der Waals surface area (Å²) < 4.78 is 10.2. The molecule has 0 aliphatic heterocycles. The molecule has 0 spiro atoms. The van der Waals surface area contributed by atoms with Crippen molar-refractivity contribution in [2.24, 2.45) is 0 Å². The van der Waals surface area contributed by atoms with E-state index in [9.17, 15) is 19.7 Å². The maximum Gasteiger partial charge on any atom is 0.311 e. The van der Waals surface area contributed by atoms with E-state index in [1.54, 1.807) is 18.2 Å². The molecule has 2 aromatic carbocycles. The Morgan fingerprint density at radius 3 is 2.63 bits per heavy atom. The van der Waals surface area contributed by atoms with Crippen LogP contribution in [0, 0.1) is 10.1 Å². The average molecular weight is 393 g/mol. The number of hydrogen-bond acceptors (Lipinski definition) is 6. The van der Waals surface area contributed by atoms with Crippen LogP contribution in [0.5, 0.6) is 5.75 Å². The van der Waals surface area contributed by atoms with Crippen LogP contribution in [-0.2, 0) is 20.7 Å². The van der Waals surface area contributed by atoms with Crippen molar-refractivity contribution in [1.29, 1.82) is 0 Å². The van der Waals surface area contributed by atoms with E-state index >= 15 is 0 Å². The molecule has 0 fully saturated rings. The first-order valence-electron chi connectivity index (χ1n) is 7.88. The normalized spacial score (nSPS) is 11.4. The van der Waals surface area contributed by atoms with Crippen molar-refractivity contribution in [2.75, 3.05) is 12.4 Å². The van der Waals surface area contributed by atoms with Gasteiger partial charge >= 0.3 is 5.97 Å². The second kappa shape index (κ2) is 9.00. The second-order valence-electron chi connectivity index (χ2n) is 5.53. The van der Waals surface area contributed by atoms with Gasteiger partial charge in [-0.15, -0.1) is 0 Å². The number of ether oxygens (including phenoxy) is 2. The zero-order valence-electron chi connectivity index (χ0n) is 14.6. The Bertz CT molecular complexity index is 871. The first-order chi connectivity index (χ1) is 12.8. The first-order valence-corrected chi connectivity index (χ1v) is 8.25. The molecule has 0 aliphatic carbocycles. The molecule has 0 heterocycles. The molecule has 0 bridgehead atoms. The standard InChI is InChI=1S/C18H17ClN2O6/c1-11(18(23)20-14-10-13(19)7-8-16(14)26-2)27-17(22)9-12-5-3-4-6-15(12)21(24)25/h3-8,10-11H,9H2,1-2H3,(H,20,23)/t11-/m0/s1. The number of halogens is 1. The van der Waals surface area contributed by atoms with Crippen molar-refractivity contribution in [3.05, 3.63) is 63.2 Å². The molecule has 8 nitrogen and oxygen atoms in total. The van der Waals surface area contributed by atoms with Crippen molar-refractivity contribution >= 4 is 34.9 Å². The third-order valence-corrected chi connectivity index (χ3v) is 3.86. The van der Waals surface area contributed by atoms with Crippen LogP contribution < -0.4 is 10.1 Å². The van der Waals surface area contributed by atoms with Gasteiger partial charge in [0.1, 0.15) is 5.75 Å². The minimum absolute atomic E-state index is 0.185. The molecule has 2 aromatic rings. The van der Waals surface area contributed by atoms with E-state index in [1.807, 2.05) is 0 Å². The summed E-state index contributed by atoms with van der Waals surface area (Å²) in [5.74, 6) is -0.956. The predicted molar refractivity (Wildman–Crippen MR) is 99.0 cm³/mol. The first kappa shape index (κ1) is 20.2. The number of anilines is 1. The third kappa shape index (κ3) is 5.42. The Hall–Kier alpha value is -3.13. The summed E-state index contributed by atoms with van der Waals surface area (Å²) in [5.41, 5.74) is 0.350. The van der Waals surface area contributed by atoms with Gasteiger partial charge in [0.15, 0.2) is 6.10 Å². The van der Waals surface area contributed by atoms with Gasteiger partial charge in [0.25, 0.3) is 11.6 Å². The molecule has 0 radical (unpaired) electrons. The predicted octanol–water partition coefficient (Wildman–Crippen LogP) is 3.37. The molecule has 1 atom stereocenters. The minimum atomic E-state index is -1.12. The van der Waals surface area contributed by atoms with Crippen LogP contribution in [0.4, 0.5) is 11.4 Å². The highest BCUT2D eigenvalue weighted by atomic mass is 35.5. The number of benzene rings is 2. The van der Waals surface area contributed by atoms with Crippen LogP contribution in [0.3, 0.4) is 0 Å². The number of nitro groups is 1. The zero-order valence-corrected chi connectivity index (χ0v) is 15.4. The molecule has 9 heteroatoms. The van der Waals surface area contributed by atoms with Crippen LogP contribution in [0.15, 0.2) is 42.5 Å². The molecule has 2 rings (SSSR count). The molecule has 1 N–H and O–H groups in total. The fourth-order valence-electron chi connectivity index (χ4n) is 2.30. The molecule has 0 saturated heterocycles. The zero-order chi connectivity index (χ0) is 20.0. The summed E-state index contributed by atoms with van der Waals surface area (Å²) in [4.78, 5) is 34.7. The topological polar surface area (TPSA) is 108 Å². The van der Waals surface area contributed by atoms with Gasteiger partial charge in [0.05, 0.1) is 24.1 Å². The fourth-order valence-corrected chi connectivity index (χ4v) is 2.47. The lowest BCUT2D eigenvalue weighted by Crippen LogP contribution is -2.30. The number of amides is 1. The molecule has 0 aliphatic rings. The number of carbonyl (C=O) groups excluding carboxylic acids is 2. The summed E-state index contributed by atoms with van der Waals surface area (Å²) >= 11 is 5.90. The summed E-state index contributed by atoms with van der Waals surface area (Å²) in [7, 11) is 1.44. The molecular formula is C18H17ClN2O6. The summed E-state index contributed by atoms with van der Waals surface area (Å²) in [6.07, 6.45) is -1.45. The van der Waals surface area contributed by atoms with Crippen LogP contribution in [-0.4, -0.2) is 30.0 Å². The quantitative estimate of drug-likeness (QED) is 0.439. The average Bonchev–Trinajstić information content (AvgIpc) is 2.62. The smallest absolute Gasteiger partial charge is 0.311 e. The minimum Gasteiger partial charge on any atom is -0.495 e. The van der Waals surface area contributed by atoms with E-state index < -0.39 is 22.9 Å². The van der Waals surface area contributed by atoms with Gasteiger partial charge in [-0.3, -0.25) is 19.7 Å². The molecule has 0 saturated carbocycles. The van der Waals surface area contributed by atoms with Crippen molar-refractivity contribution in [1.82, 2.24) is 0 Å². The van der Waals surface area contributed by atoms with Gasteiger partial charge in [-0.25, -0.2) is 0 Å². The lowest BCUT2D eigenvalue weighted by molar-refractivity contribution is -0.385. The van der Waals surface area contributed by atoms with Crippen molar-refractivity contribution in [3.8, 4) is 5.75 Å². The maximum absolute atomic E-state index is 12.3. The number of para-hydroxylation sites is 1. The Morgan fingerprint density at radius 1 is 1.26 bits per heavy atom. The molecule has 0 aromatic heterocycles. The monoisotopic (exact) mass is 392 g/mol. The Morgan fingerprint density at radius 2 is 1.96 bits per heavy atom. The number of carbonyl (C=O) groups is 2. The highest BCUT2D eigenvalue weighted by molar-refractivity contribution is 6.31. The van der Waals surface area contributed by atoms with E-state index in [2.05, 4.69) is 5.32 Å². The van der Waals surface area contributed by atoms with Crippen LogP contribution in [0.25, 0.3) is 0 Å². The second-order valence-corrected chi connectivity index (χ2v) is 5.96. The van der Waals surface area contributed by atoms with E-state index in [0.717, 1.165) is 0 Å². The highest BCUT2D eigenvalue weighted by Gasteiger charge is 2.22. The molecular weight excluding hydrogens is 376 g/mol. The lowest BCUT2D eigenvalue weighted by atomic mass is 10.1. The molecule has 142 valence electrons. The van der Waals surface area contributed by atoms with Crippen LogP contribution in [0.2, 0.25) is 5.02 Å². The van der Waals surface area contributed by atoms with Gasteiger partial charge in [-0.2, -0.15) is 0 Å². The van der Waals surface area contributed by atoms with E-state index in [-0.39, 0.29) is 17.7 Å². The number of hydrogen-bond donors (Lipinski definition) is 1. The fraction of sp³-hybridized carbons (Fsp3) is 0.222. The van der Waals surface area contributed by atoms with E-state index in [1.165, 1.54) is 38.3 Å². The lowest BCUT2D eigenvalue weighted by Gasteiger charge is -2.15. The third-order valence-electron chi connectivity index (χ3n) is 3.62. The van der Waals surface area contributed by atoms with Crippen molar-refractivity contribution in [2.45, 2.75) is 19.4 Å². The molecule has 0 unspecified atom stereocenters. The van der Waals surface area contributed by atoms with Gasteiger partial charge < -0.3 is 14.8 Å². The number of esters is 1. The van der Waals surface area contributed by atoms with E-state index in [4.69, 9.17) is 21.1 Å². The number of methoxy groups -OCH3 is 1. The number of nitrogens with zero attached hydrogens (tertiary/aromatic N) is 1. The molecule has 27 heavy (non-hydrogen) atoms. The number of rotatable bonds is 7. The highest BCUT2D eigenvalue weighted by Crippen LogP contribution is 2.28. The van der Waals surface area contributed by atoms with Crippen LogP contribution >= 0.6 is 11.6 Å². The van der Waals surface area contributed by atoms with Crippen molar-refractivity contribution < 1.29 is 24.0 Å². The van der Waals surface area contributed by atoms with Gasteiger partial charge in [0, 0.05) is 16.7 Å². The summed E-state index contributed by atoms with van der Waals surface area (Å²) in [6.45, 7) is 1.39. The van der Waals surface area contributed by atoms with Gasteiger partial charge in [0.2, 0.25) is 0 Å². The summed E-state index contributed by atoms with van der Waals surface area (Å²) in [5, 5.41) is 14.0. The summed E-state index contributed by atoms with van der Waals surface area (Å²) in [6, 6.07) is 10.5. The van der Waals surface area contributed by atoms with Crippen LogP contribution in [0.1, 0.15) is 12.5 Å².